The number of nitrogens with two attached hydrogens (primary N) is 1. The third-order valence-corrected chi connectivity index (χ3v) is 7.03. The summed E-state index contributed by atoms with van der Waals surface area (Å²) in [5.41, 5.74) is 6.79. The van der Waals surface area contributed by atoms with Crippen molar-refractivity contribution in [1.29, 1.82) is 0 Å². The monoisotopic (exact) mass is 485 g/mol. The van der Waals surface area contributed by atoms with Crippen molar-refractivity contribution in [3.8, 4) is 0 Å². The molecular weight excluding hydrogens is 456 g/mol. The number of hydrogen-bond acceptors (Lipinski definition) is 7. The average Bonchev–Trinajstić information content (AvgIpc) is 3.19. The Bertz CT molecular complexity index is 1230. The van der Waals surface area contributed by atoms with Gasteiger partial charge < -0.3 is 21.1 Å². The lowest BCUT2D eigenvalue weighted by molar-refractivity contribution is -0.122. The predicted octanol–water partition coefficient (Wildman–Crippen LogP) is 3.90. The summed E-state index contributed by atoms with van der Waals surface area (Å²) in [6, 6.07) is 3.52. The Kier molecular flexibility index (Phi) is 6.50. The van der Waals surface area contributed by atoms with Gasteiger partial charge in [-0.3, -0.25) is 9.36 Å². The number of nitrogens with zero attached hydrogens (tertiary/aromatic N) is 4. The maximum absolute atomic E-state index is 14.4. The Morgan fingerprint density at radius 2 is 1.97 bits per heavy atom. The van der Waals surface area contributed by atoms with Gasteiger partial charge in [-0.25, -0.2) is 18.7 Å². The number of nitrogens with one attached hydrogen (secondary N) is 2. The first kappa shape index (κ1) is 23.4. The molecule has 2 aliphatic rings. The smallest absolute Gasteiger partial charge is 0.224 e. The SMILES string of the molecule is C[C@H]1COCC[C@H]1Nc1ncc2nc(Nc3ccc(F)cc3F)n(C3CCC(C(N)=O)CC3)c2n1. The molecule has 9 nitrogen and oxygen atoms in total. The second-order valence-corrected chi connectivity index (χ2v) is 9.46. The zero-order valence-electron chi connectivity index (χ0n) is 19.5. The maximum Gasteiger partial charge on any atom is 0.224 e. The standard InChI is InChI=1S/C24H29F2N7O2/c1-13-12-35-9-8-18(13)29-23-28-11-20-22(32-23)33(16-5-2-14(3-6-16)21(27)34)24(31-20)30-19-7-4-15(25)10-17(19)26/h4,7,10-11,13-14,16,18H,2-3,5-6,8-9,12H2,1H3,(H2,27,34)(H,30,31)(H,28,29,32)/t13-,14?,16?,18+/m0/s1. The van der Waals surface area contributed by atoms with Crippen LogP contribution in [-0.4, -0.2) is 44.7 Å². The highest BCUT2D eigenvalue weighted by Gasteiger charge is 2.30. The molecule has 2 fully saturated rings. The molecule has 0 bridgehead atoms. The number of carbonyl (C=O) groups is 1. The van der Waals surface area contributed by atoms with Gasteiger partial charge in [0.25, 0.3) is 0 Å². The lowest BCUT2D eigenvalue weighted by atomic mass is 9.85. The van der Waals surface area contributed by atoms with E-state index in [1.54, 1.807) is 6.20 Å². The molecule has 0 spiro atoms. The quantitative estimate of drug-likeness (QED) is 0.484. The van der Waals surface area contributed by atoms with Crippen LogP contribution in [0, 0.1) is 23.5 Å². The summed E-state index contributed by atoms with van der Waals surface area (Å²) >= 11 is 0. The van der Waals surface area contributed by atoms with Gasteiger partial charge in [0.15, 0.2) is 5.65 Å². The van der Waals surface area contributed by atoms with Crippen LogP contribution in [0.3, 0.4) is 0 Å². The fourth-order valence-corrected chi connectivity index (χ4v) is 4.98. The lowest BCUT2D eigenvalue weighted by Gasteiger charge is -2.30. The summed E-state index contributed by atoms with van der Waals surface area (Å²) in [6.45, 7) is 3.48. The van der Waals surface area contributed by atoms with Crippen molar-refractivity contribution in [2.75, 3.05) is 23.8 Å². The number of aromatic nitrogens is 4. The number of halogens is 2. The van der Waals surface area contributed by atoms with Gasteiger partial charge in [0, 0.05) is 30.7 Å². The Morgan fingerprint density at radius 1 is 1.17 bits per heavy atom. The van der Waals surface area contributed by atoms with Gasteiger partial charge in [-0.05, 0) is 50.2 Å². The van der Waals surface area contributed by atoms with Crippen molar-refractivity contribution in [3.05, 3.63) is 36.0 Å². The van der Waals surface area contributed by atoms with Crippen LogP contribution >= 0.6 is 0 Å². The lowest BCUT2D eigenvalue weighted by Crippen LogP contribution is -2.36. The van der Waals surface area contributed by atoms with E-state index in [9.17, 15) is 13.6 Å². The molecule has 1 aromatic carbocycles. The molecule has 35 heavy (non-hydrogen) atoms. The van der Waals surface area contributed by atoms with Crippen LogP contribution in [0.25, 0.3) is 11.2 Å². The Hall–Kier alpha value is -3.34. The normalized spacial score (nSPS) is 24.9. The van der Waals surface area contributed by atoms with E-state index in [1.807, 2.05) is 4.57 Å². The van der Waals surface area contributed by atoms with Crippen LogP contribution in [0.15, 0.2) is 24.4 Å². The minimum atomic E-state index is -0.719. The summed E-state index contributed by atoms with van der Waals surface area (Å²) < 4.78 is 35.3. The molecule has 186 valence electrons. The van der Waals surface area contributed by atoms with Crippen molar-refractivity contribution in [1.82, 2.24) is 19.5 Å². The van der Waals surface area contributed by atoms with E-state index in [-0.39, 0.29) is 29.6 Å². The molecule has 1 aliphatic carbocycles. The highest BCUT2D eigenvalue weighted by Crippen LogP contribution is 2.37. The van der Waals surface area contributed by atoms with Gasteiger partial charge in [-0.15, -0.1) is 0 Å². The minimum Gasteiger partial charge on any atom is -0.381 e. The average molecular weight is 486 g/mol. The van der Waals surface area contributed by atoms with Crippen LogP contribution in [0.1, 0.15) is 45.1 Å². The molecule has 3 heterocycles. The third kappa shape index (κ3) is 4.90. The number of carbonyl (C=O) groups excluding carboxylic acids is 1. The van der Waals surface area contributed by atoms with E-state index in [1.165, 1.54) is 12.1 Å². The van der Waals surface area contributed by atoms with Crippen molar-refractivity contribution >= 4 is 34.7 Å². The molecule has 1 aliphatic heterocycles. The minimum absolute atomic E-state index is 0.0219. The topological polar surface area (TPSA) is 120 Å². The van der Waals surface area contributed by atoms with Gasteiger partial charge in [0.05, 0.1) is 18.5 Å². The molecule has 11 heteroatoms. The van der Waals surface area contributed by atoms with E-state index in [2.05, 4.69) is 27.5 Å². The second-order valence-electron chi connectivity index (χ2n) is 9.46. The number of benzene rings is 1. The first-order valence-electron chi connectivity index (χ1n) is 12.0. The van der Waals surface area contributed by atoms with Crippen molar-refractivity contribution in [3.63, 3.8) is 0 Å². The van der Waals surface area contributed by atoms with E-state index >= 15 is 0 Å². The zero-order valence-corrected chi connectivity index (χ0v) is 19.5. The summed E-state index contributed by atoms with van der Waals surface area (Å²) in [7, 11) is 0. The Morgan fingerprint density at radius 3 is 2.69 bits per heavy atom. The van der Waals surface area contributed by atoms with Crippen LogP contribution in [0.5, 0.6) is 0 Å². The van der Waals surface area contributed by atoms with Gasteiger partial charge in [-0.1, -0.05) is 6.92 Å². The number of primary amides is 1. The summed E-state index contributed by atoms with van der Waals surface area (Å²) in [5.74, 6) is -0.630. The number of hydrogen-bond donors (Lipinski definition) is 3. The molecule has 0 unspecified atom stereocenters. The number of anilines is 3. The fraction of sp³-hybridized carbons (Fsp3) is 0.500. The molecule has 4 N–H and O–H groups in total. The number of imidazole rings is 1. The fourth-order valence-electron chi connectivity index (χ4n) is 4.98. The number of ether oxygens (including phenoxy) is 1. The molecule has 2 atom stereocenters. The molecule has 2 aromatic heterocycles. The molecule has 1 amide bonds. The predicted molar refractivity (Wildman–Crippen MR) is 127 cm³/mol. The Labute approximate surface area is 201 Å². The van der Waals surface area contributed by atoms with Gasteiger partial charge in [0.2, 0.25) is 17.8 Å². The highest BCUT2D eigenvalue weighted by atomic mass is 19.1. The van der Waals surface area contributed by atoms with Gasteiger partial charge in [-0.2, -0.15) is 4.98 Å². The van der Waals surface area contributed by atoms with Gasteiger partial charge in [0.1, 0.15) is 17.2 Å². The molecular formula is C24H29F2N7O2. The summed E-state index contributed by atoms with van der Waals surface area (Å²) in [6.07, 6.45) is 5.20. The van der Waals surface area contributed by atoms with Crippen LogP contribution in [0.4, 0.5) is 26.4 Å². The van der Waals surface area contributed by atoms with Gasteiger partial charge >= 0.3 is 0 Å². The van der Waals surface area contributed by atoms with Crippen LogP contribution in [0.2, 0.25) is 0 Å². The molecule has 1 saturated heterocycles. The molecule has 0 radical (unpaired) electrons. The molecule has 3 aromatic rings. The van der Waals surface area contributed by atoms with Crippen molar-refractivity contribution in [2.24, 2.45) is 17.6 Å². The second kappa shape index (κ2) is 9.73. The largest absolute Gasteiger partial charge is 0.381 e. The Balaban J connectivity index is 1.50. The third-order valence-electron chi connectivity index (χ3n) is 7.03. The van der Waals surface area contributed by atoms with E-state index in [0.29, 0.717) is 67.9 Å². The molecule has 5 rings (SSSR count). The summed E-state index contributed by atoms with van der Waals surface area (Å²) in [4.78, 5) is 25.5. The number of fused-ring (bicyclic) bond motifs is 1. The van der Waals surface area contributed by atoms with Crippen LogP contribution in [-0.2, 0) is 9.53 Å². The zero-order chi connectivity index (χ0) is 24.5. The van der Waals surface area contributed by atoms with Crippen molar-refractivity contribution < 1.29 is 18.3 Å². The maximum atomic E-state index is 14.4. The first-order valence-corrected chi connectivity index (χ1v) is 12.0. The van der Waals surface area contributed by atoms with E-state index in [0.717, 1.165) is 12.5 Å². The number of amides is 1. The van der Waals surface area contributed by atoms with Crippen molar-refractivity contribution in [2.45, 2.75) is 51.1 Å². The first-order chi connectivity index (χ1) is 16.9. The number of rotatable bonds is 6. The molecule has 1 saturated carbocycles. The van der Waals surface area contributed by atoms with E-state index < -0.39 is 11.6 Å². The summed E-state index contributed by atoms with van der Waals surface area (Å²) in [5, 5.41) is 6.43. The highest BCUT2D eigenvalue weighted by molar-refractivity contribution is 5.78. The van der Waals surface area contributed by atoms with Crippen LogP contribution < -0.4 is 16.4 Å². The van der Waals surface area contributed by atoms with E-state index in [4.69, 9.17) is 15.5 Å².